The monoisotopic (exact) mass is 503 g/mol. The van der Waals surface area contributed by atoms with Crippen molar-refractivity contribution in [3.63, 3.8) is 0 Å². The molecule has 2 saturated carbocycles. The third-order valence-corrected chi connectivity index (χ3v) is 6.67. The van der Waals surface area contributed by atoms with E-state index in [1.54, 1.807) is 6.07 Å². The number of halogens is 2. The normalized spacial score (nSPS) is 28.4. The molecule has 1 aromatic rings. The molecule has 156 valence electrons. The minimum Gasteiger partial charge on any atom is -0.494 e. The molecule has 0 aromatic heterocycles. The number of nitrogens with zero attached hydrogens (tertiary/aromatic N) is 1. The summed E-state index contributed by atoms with van der Waals surface area (Å²) in [5.74, 6) is 1.31. The van der Waals surface area contributed by atoms with Gasteiger partial charge in [-0.3, -0.25) is 4.99 Å². The van der Waals surface area contributed by atoms with Gasteiger partial charge in [0, 0.05) is 30.5 Å². The summed E-state index contributed by atoms with van der Waals surface area (Å²) in [5.41, 5.74) is 1.17. The summed E-state index contributed by atoms with van der Waals surface area (Å²) >= 11 is 0. The van der Waals surface area contributed by atoms with Crippen molar-refractivity contribution in [2.75, 3.05) is 20.3 Å². The molecule has 2 aliphatic carbocycles. The van der Waals surface area contributed by atoms with Crippen LogP contribution in [0.15, 0.2) is 23.2 Å². The van der Waals surface area contributed by atoms with E-state index in [1.807, 2.05) is 19.9 Å². The molecule has 3 fully saturated rings. The van der Waals surface area contributed by atoms with Crippen molar-refractivity contribution in [2.45, 2.75) is 57.7 Å². The quantitative estimate of drug-likeness (QED) is 0.362. The zero-order chi connectivity index (χ0) is 19.0. The summed E-state index contributed by atoms with van der Waals surface area (Å²) in [5, 5.41) is 7.15. The molecule has 4 atom stereocenters. The molecule has 0 bridgehead atoms. The zero-order valence-corrected chi connectivity index (χ0v) is 19.2. The second kappa shape index (κ2) is 8.73. The van der Waals surface area contributed by atoms with Crippen molar-refractivity contribution in [2.24, 2.45) is 16.3 Å². The second-order valence-electron chi connectivity index (χ2n) is 8.04. The number of benzene rings is 1. The van der Waals surface area contributed by atoms with E-state index in [9.17, 15) is 4.39 Å². The fraction of sp³-hybridized carbons (Fsp3) is 0.667. The number of aliphatic imine (C=N–C) groups is 1. The molecular weight excluding hydrogens is 472 g/mol. The summed E-state index contributed by atoms with van der Waals surface area (Å²) in [6.45, 7) is 5.63. The third kappa shape index (κ3) is 3.60. The summed E-state index contributed by atoms with van der Waals surface area (Å²) in [4.78, 5) is 4.64. The number of methoxy groups -OCH3 is 1. The Bertz CT molecular complexity index is 726. The predicted octanol–water partition coefficient (Wildman–Crippen LogP) is 4.03. The van der Waals surface area contributed by atoms with Crippen molar-refractivity contribution in [3.8, 4) is 5.75 Å². The van der Waals surface area contributed by atoms with Gasteiger partial charge in [-0.25, -0.2) is 4.39 Å². The summed E-state index contributed by atoms with van der Waals surface area (Å²) in [6, 6.07) is 5.45. The maximum absolute atomic E-state index is 14.1. The highest BCUT2D eigenvalue weighted by atomic mass is 127. The Kier molecular flexibility index (Phi) is 6.74. The van der Waals surface area contributed by atoms with Gasteiger partial charge in [-0.15, -0.1) is 24.0 Å². The third-order valence-electron chi connectivity index (χ3n) is 6.67. The Hall–Kier alpha value is -1.09. The van der Waals surface area contributed by atoms with Crippen LogP contribution in [0.1, 0.15) is 51.1 Å². The summed E-state index contributed by atoms with van der Waals surface area (Å²) < 4.78 is 25.1. The lowest BCUT2D eigenvalue weighted by Crippen LogP contribution is -2.72. The number of guanidine groups is 1. The van der Waals surface area contributed by atoms with Gasteiger partial charge in [0.25, 0.3) is 0 Å². The largest absolute Gasteiger partial charge is 0.494 e. The van der Waals surface area contributed by atoms with Crippen LogP contribution >= 0.6 is 24.0 Å². The molecule has 0 amide bonds. The molecule has 1 saturated heterocycles. The fourth-order valence-electron chi connectivity index (χ4n) is 5.13. The first-order valence-corrected chi connectivity index (χ1v) is 10.1. The maximum Gasteiger partial charge on any atom is 0.191 e. The van der Waals surface area contributed by atoms with Crippen molar-refractivity contribution < 1.29 is 13.9 Å². The summed E-state index contributed by atoms with van der Waals surface area (Å²) in [7, 11) is 1.48. The highest BCUT2D eigenvalue weighted by Crippen LogP contribution is 2.62. The summed E-state index contributed by atoms with van der Waals surface area (Å²) in [6.07, 6.45) is 5.33. The topological polar surface area (TPSA) is 54.9 Å². The van der Waals surface area contributed by atoms with Gasteiger partial charge < -0.3 is 20.1 Å². The maximum atomic E-state index is 14.1. The van der Waals surface area contributed by atoms with Gasteiger partial charge in [-0.1, -0.05) is 12.5 Å². The molecule has 7 heteroatoms. The molecule has 3 aliphatic rings. The van der Waals surface area contributed by atoms with Gasteiger partial charge in [0.15, 0.2) is 17.5 Å². The van der Waals surface area contributed by atoms with E-state index < -0.39 is 0 Å². The molecule has 1 heterocycles. The van der Waals surface area contributed by atoms with Crippen LogP contribution in [0.5, 0.6) is 5.75 Å². The molecule has 1 spiro atoms. The average Bonchev–Trinajstić information content (AvgIpc) is 3.03. The molecule has 1 aromatic carbocycles. The van der Waals surface area contributed by atoms with Crippen molar-refractivity contribution in [1.82, 2.24) is 10.6 Å². The minimum absolute atomic E-state index is 0. The molecule has 0 radical (unpaired) electrons. The predicted molar refractivity (Wildman–Crippen MR) is 119 cm³/mol. The van der Waals surface area contributed by atoms with E-state index in [2.05, 4.69) is 15.6 Å². The second-order valence-corrected chi connectivity index (χ2v) is 8.04. The van der Waals surface area contributed by atoms with Gasteiger partial charge in [-0.2, -0.15) is 0 Å². The Balaban J connectivity index is 0.00000225. The number of hydrogen-bond acceptors (Lipinski definition) is 3. The highest BCUT2D eigenvalue weighted by molar-refractivity contribution is 14.0. The Morgan fingerprint density at radius 3 is 2.82 bits per heavy atom. The van der Waals surface area contributed by atoms with E-state index >= 15 is 0 Å². The molecule has 4 unspecified atom stereocenters. The van der Waals surface area contributed by atoms with E-state index in [1.165, 1.54) is 32.4 Å². The number of rotatable bonds is 5. The molecule has 28 heavy (non-hydrogen) atoms. The minimum atomic E-state index is -0.344. The molecule has 1 aliphatic heterocycles. The molecular formula is C21H31FIN3O2. The van der Waals surface area contributed by atoms with E-state index in [0.29, 0.717) is 30.0 Å². The van der Waals surface area contributed by atoms with Crippen LogP contribution in [0.4, 0.5) is 4.39 Å². The number of ether oxygens (including phenoxy) is 2. The van der Waals surface area contributed by atoms with Gasteiger partial charge in [0.05, 0.1) is 19.3 Å². The van der Waals surface area contributed by atoms with Gasteiger partial charge in [0.2, 0.25) is 0 Å². The zero-order valence-electron chi connectivity index (χ0n) is 16.8. The smallest absolute Gasteiger partial charge is 0.191 e. The van der Waals surface area contributed by atoms with E-state index in [4.69, 9.17) is 9.47 Å². The lowest BCUT2D eigenvalue weighted by Gasteiger charge is -2.63. The van der Waals surface area contributed by atoms with Gasteiger partial charge >= 0.3 is 0 Å². The van der Waals surface area contributed by atoms with Crippen molar-refractivity contribution in [1.29, 1.82) is 0 Å². The van der Waals surface area contributed by atoms with Gasteiger partial charge in [-0.05, 0) is 50.8 Å². The van der Waals surface area contributed by atoms with Crippen LogP contribution in [-0.4, -0.2) is 38.4 Å². The Morgan fingerprint density at radius 2 is 2.21 bits per heavy atom. The van der Waals surface area contributed by atoms with Crippen molar-refractivity contribution >= 4 is 29.9 Å². The standard InChI is InChI=1S/C21H30FN3O2.HI/c1-4-23-20(24-13(2)14-6-7-17(26-3)16(22)12-14)25-18-15-8-11-27-19(15)21(18)9-5-10-21;/h6-7,12-13,15,18-19H,4-5,8-11H2,1-3H3,(H2,23,24,25);1H. The van der Waals surface area contributed by atoms with Crippen LogP contribution in [0.25, 0.3) is 0 Å². The van der Waals surface area contributed by atoms with Crippen LogP contribution in [0.3, 0.4) is 0 Å². The lowest BCUT2D eigenvalue weighted by atomic mass is 9.46. The van der Waals surface area contributed by atoms with Crippen LogP contribution < -0.4 is 15.4 Å². The SMILES string of the molecule is CCN=C(NC(C)c1ccc(OC)c(F)c1)NC1C2CCOC2C12CCC2.I. The van der Waals surface area contributed by atoms with E-state index in [0.717, 1.165) is 24.6 Å². The number of fused-ring (bicyclic) bond motifs is 2. The molecule has 4 rings (SSSR count). The number of nitrogens with one attached hydrogen (secondary N) is 2. The first kappa shape index (κ1) is 21.6. The van der Waals surface area contributed by atoms with Gasteiger partial charge in [0.1, 0.15) is 0 Å². The van der Waals surface area contributed by atoms with Crippen LogP contribution in [0, 0.1) is 17.2 Å². The lowest BCUT2D eigenvalue weighted by molar-refractivity contribution is -0.171. The highest BCUT2D eigenvalue weighted by Gasteiger charge is 2.66. The average molecular weight is 503 g/mol. The Morgan fingerprint density at radius 1 is 1.43 bits per heavy atom. The number of hydrogen-bond donors (Lipinski definition) is 2. The van der Waals surface area contributed by atoms with E-state index in [-0.39, 0.29) is 41.6 Å². The fourth-order valence-corrected chi connectivity index (χ4v) is 5.13. The molecule has 2 N–H and O–H groups in total. The van der Waals surface area contributed by atoms with Crippen LogP contribution in [0.2, 0.25) is 0 Å². The van der Waals surface area contributed by atoms with Crippen LogP contribution in [-0.2, 0) is 4.74 Å². The molecule has 5 nitrogen and oxygen atoms in total. The first-order chi connectivity index (χ1) is 13.1. The van der Waals surface area contributed by atoms with Crippen molar-refractivity contribution in [3.05, 3.63) is 29.6 Å². The Labute approximate surface area is 183 Å². The first-order valence-electron chi connectivity index (χ1n) is 10.1.